The van der Waals surface area contributed by atoms with Crippen molar-refractivity contribution in [1.29, 1.82) is 0 Å². The maximum atomic E-state index is 2.47. The van der Waals surface area contributed by atoms with E-state index in [-0.39, 0.29) is 0 Å². The lowest BCUT2D eigenvalue weighted by Gasteiger charge is -2.31. The van der Waals surface area contributed by atoms with Crippen LogP contribution in [0.3, 0.4) is 0 Å². The second-order valence-electron chi connectivity index (χ2n) is 4.28. The van der Waals surface area contributed by atoms with E-state index in [0.717, 1.165) is 0 Å². The third-order valence-electron chi connectivity index (χ3n) is 3.04. The predicted molar refractivity (Wildman–Crippen MR) is 59.9 cm³/mol. The van der Waals surface area contributed by atoms with Crippen molar-refractivity contribution in [2.24, 2.45) is 5.41 Å². The molecule has 13 heavy (non-hydrogen) atoms. The van der Waals surface area contributed by atoms with Gasteiger partial charge in [0.25, 0.3) is 0 Å². The molecule has 2 N–H and O–H groups in total. The number of hydrogen-bond donors (Lipinski definition) is 1. The topological polar surface area (TPSA) is 16.6 Å². The molecule has 80 valence electrons. The van der Waals surface area contributed by atoms with Crippen LogP contribution in [0.15, 0.2) is 0 Å². The monoisotopic (exact) mass is 186 g/mol. The zero-order valence-electron chi connectivity index (χ0n) is 10.0. The van der Waals surface area contributed by atoms with Crippen molar-refractivity contribution in [2.45, 2.75) is 59.8 Å². The van der Waals surface area contributed by atoms with Gasteiger partial charge in [0, 0.05) is 12.8 Å². The van der Waals surface area contributed by atoms with Crippen LogP contribution in [-0.4, -0.2) is 13.1 Å². The van der Waals surface area contributed by atoms with Crippen LogP contribution in [0.1, 0.15) is 59.8 Å². The maximum absolute atomic E-state index is 2.47. The normalized spacial score (nSPS) is 20.3. The van der Waals surface area contributed by atoms with Crippen LogP contribution >= 0.6 is 0 Å². The van der Waals surface area contributed by atoms with Gasteiger partial charge in [-0.25, -0.2) is 0 Å². The summed E-state index contributed by atoms with van der Waals surface area (Å²) >= 11 is 0. The Morgan fingerprint density at radius 1 is 1.15 bits per heavy atom. The van der Waals surface area contributed by atoms with E-state index in [0.29, 0.717) is 5.41 Å². The zero-order valence-corrected chi connectivity index (χ0v) is 10.0. The average molecular weight is 186 g/mol. The Morgan fingerprint density at radius 3 is 2.15 bits per heavy atom. The number of nitrogens with two attached hydrogens (primary N) is 1. The van der Waals surface area contributed by atoms with Gasteiger partial charge >= 0.3 is 0 Å². The van der Waals surface area contributed by atoms with E-state index < -0.39 is 0 Å². The molecule has 0 aromatic rings. The van der Waals surface area contributed by atoms with Gasteiger partial charge in [0.1, 0.15) is 0 Å². The minimum Gasteiger partial charge on any atom is -0.346 e. The first-order valence-electron chi connectivity index (χ1n) is 6.08. The van der Waals surface area contributed by atoms with Crippen LogP contribution in [0, 0.1) is 5.41 Å². The highest BCUT2D eigenvalue weighted by atomic mass is 14.9. The number of rotatable bonds is 3. The Kier molecular flexibility index (Phi) is 7.35. The van der Waals surface area contributed by atoms with Gasteiger partial charge in [0.2, 0.25) is 0 Å². The van der Waals surface area contributed by atoms with E-state index in [2.05, 4.69) is 19.2 Å². The number of piperidine rings is 1. The van der Waals surface area contributed by atoms with Gasteiger partial charge in [-0.1, -0.05) is 40.5 Å². The van der Waals surface area contributed by atoms with Crippen molar-refractivity contribution in [1.82, 2.24) is 0 Å². The Morgan fingerprint density at radius 2 is 1.69 bits per heavy atom. The van der Waals surface area contributed by atoms with Gasteiger partial charge in [0.15, 0.2) is 0 Å². The highest BCUT2D eigenvalue weighted by Crippen LogP contribution is 2.31. The quantitative estimate of drug-likeness (QED) is 0.697. The fraction of sp³-hybridized carbons (Fsp3) is 1.00. The van der Waals surface area contributed by atoms with E-state index in [9.17, 15) is 0 Å². The highest BCUT2D eigenvalue weighted by Gasteiger charge is 2.27. The smallest absolute Gasteiger partial charge is 0.0760 e. The average Bonchev–Trinajstić information content (AvgIpc) is 2.19. The largest absolute Gasteiger partial charge is 0.346 e. The summed E-state index contributed by atoms with van der Waals surface area (Å²) in [4.78, 5) is 0. The Bertz CT molecular complexity index is 104. The molecule has 0 saturated carbocycles. The molecule has 0 radical (unpaired) electrons. The summed E-state index contributed by atoms with van der Waals surface area (Å²) < 4.78 is 0. The SMILES string of the molecule is CC.CCCCC1(C)CC[NH2+]CC1. The van der Waals surface area contributed by atoms with Gasteiger partial charge in [-0.05, 0) is 11.8 Å². The molecule has 1 saturated heterocycles. The molecule has 0 aliphatic carbocycles. The van der Waals surface area contributed by atoms with Crippen LogP contribution in [0.5, 0.6) is 0 Å². The Balaban J connectivity index is 0.000000671. The standard InChI is InChI=1S/C10H21N.C2H6/c1-3-4-5-10(2)6-8-11-9-7-10;1-2/h11H,3-9H2,1-2H3;1-2H3/p+1. The minimum atomic E-state index is 0.699. The van der Waals surface area contributed by atoms with Crippen LogP contribution in [0.4, 0.5) is 0 Å². The zero-order chi connectivity index (χ0) is 10.2. The second-order valence-corrected chi connectivity index (χ2v) is 4.28. The van der Waals surface area contributed by atoms with Crippen molar-refractivity contribution < 1.29 is 5.32 Å². The second kappa shape index (κ2) is 7.37. The lowest BCUT2D eigenvalue weighted by Crippen LogP contribution is -2.87. The van der Waals surface area contributed by atoms with Crippen molar-refractivity contribution in [3.63, 3.8) is 0 Å². The fourth-order valence-electron chi connectivity index (χ4n) is 2.02. The summed E-state index contributed by atoms with van der Waals surface area (Å²) in [6, 6.07) is 0. The highest BCUT2D eigenvalue weighted by molar-refractivity contribution is 4.75. The van der Waals surface area contributed by atoms with Crippen LogP contribution in [0.25, 0.3) is 0 Å². The summed E-state index contributed by atoms with van der Waals surface area (Å²) in [6.45, 7) is 11.5. The number of hydrogen-bond acceptors (Lipinski definition) is 0. The molecule has 0 aromatic heterocycles. The van der Waals surface area contributed by atoms with E-state index in [1.54, 1.807) is 0 Å². The predicted octanol–water partition coefficient (Wildman–Crippen LogP) is 2.57. The number of unbranched alkanes of at least 4 members (excludes halogenated alkanes) is 1. The molecule has 1 aliphatic heterocycles. The molecule has 0 aromatic carbocycles. The van der Waals surface area contributed by atoms with E-state index in [1.165, 1.54) is 45.2 Å². The summed E-state index contributed by atoms with van der Waals surface area (Å²) in [5.74, 6) is 0. The molecule has 1 rings (SSSR count). The molecule has 1 aliphatic rings. The van der Waals surface area contributed by atoms with Gasteiger partial charge < -0.3 is 5.32 Å². The summed E-state index contributed by atoms with van der Waals surface area (Å²) in [5.41, 5.74) is 0.699. The lowest BCUT2D eigenvalue weighted by molar-refractivity contribution is -0.667. The minimum absolute atomic E-state index is 0.699. The molecule has 0 atom stereocenters. The van der Waals surface area contributed by atoms with Gasteiger partial charge in [-0.15, -0.1) is 0 Å². The fourth-order valence-corrected chi connectivity index (χ4v) is 2.02. The first-order valence-corrected chi connectivity index (χ1v) is 6.08. The summed E-state index contributed by atoms with van der Waals surface area (Å²) in [5, 5.41) is 2.45. The molecular formula is C12H28N+. The molecule has 0 unspecified atom stereocenters. The first kappa shape index (κ1) is 13.0. The third-order valence-corrected chi connectivity index (χ3v) is 3.04. The first-order chi connectivity index (χ1) is 6.27. The van der Waals surface area contributed by atoms with Gasteiger partial charge in [-0.3, -0.25) is 0 Å². The summed E-state index contributed by atoms with van der Waals surface area (Å²) in [7, 11) is 0. The maximum Gasteiger partial charge on any atom is 0.0760 e. The number of quaternary nitrogens is 1. The van der Waals surface area contributed by atoms with Crippen molar-refractivity contribution in [2.75, 3.05) is 13.1 Å². The molecule has 1 fully saturated rings. The van der Waals surface area contributed by atoms with E-state index >= 15 is 0 Å². The molecule has 0 spiro atoms. The van der Waals surface area contributed by atoms with Gasteiger partial charge in [0.05, 0.1) is 13.1 Å². The molecule has 0 bridgehead atoms. The van der Waals surface area contributed by atoms with Crippen LogP contribution in [0.2, 0.25) is 0 Å². The molecular weight excluding hydrogens is 158 g/mol. The van der Waals surface area contributed by atoms with Crippen LogP contribution in [-0.2, 0) is 0 Å². The molecule has 1 nitrogen and oxygen atoms in total. The molecule has 1 heterocycles. The van der Waals surface area contributed by atoms with Crippen molar-refractivity contribution in [3.05, 3.63) is 0 Å². The third kappa shape index (κ3) is 5.30. The molecule has 0 amide bonds. The Hall–Kier alpha value is -0.0400. The lowest BCUT2D eigenvalue weighted by atomic mass is 9.77. The van der Waals surface area contributed by atoms with Crippen molar-refractivity contribution in [3.8, 4) is 0 Å². The summed E-state index contributed by atoms with van der Waals surface area (Å²) in [6.07, 6.45) is 7.12. The van der Waals surface area contributed by atoms with Gasteiger partial charge in [-0.2, -0.15) is 0 Å². The van der Waals surface area contributed by atoms with E-state index in [4.69, 9.17) is 0 Å². The van der Waals surface area contributed by atoms with Crippen molar-refractivity contribution >= 4 is 0 Å². The van der Waals surface area contributed by atoms with Crippen LogP contribution < -0.4 is 5.32 Å². The Labute approximate surface area is 84.3 Å². The van der Waals surface area contributed by atoms with E-state index in [1.807, 2.05) is 13.8 Å². The molecule has 1 heteroatoms.